The summed E-state index contributed by atoms with van der Waals surface area (Å²) in [7, 11) is 0. The summed E-state index contributed by atoms with van der Waals surface area (Å²) in [4.78, 5) is 22.3. The van der Waals surface area contributed by atoms with Crippen LogP contribution in [0.25, 0.3) is 0 Å². The van der Waals surface area contributed by atoms with E-state index in [9.17, 15) is 20.0 Å². The van der Waals surface area contributed by atoms with Gasteiger partial charge in [-0.05, 0) is 18.2 Å². The second kappa shape index (κ2) is 7.40. The number of carbonyl (C=O) groups is 1. The minimum absolute atomic E-state index is 0.0198. The minimum atomic E-state index is -0.896. The van der Waals surface area contributed by atoms with E-state index in [2.05, 4.69) is 26.5 Å². The Morgan fingerprint density at radius 1 is 1.38 bits per heavy atom. The predicted molar refractivity (Wildman–Crippen MR) is 94.6 cm³/mol. The van der Waals surface area contributed by atoms with Crippen LogP contribution < -0.4 is 14.9 Å². The molecule has 0 fully saturated rings. The third-order valence-corrected chi connectivity index (χ3v) is 3.92. The Hall–Kier alpha value is -3.14. The standard InChI is InChI=1S/C16H12BrN3O6/c17-10-5-9(15(21)11(6-10)20(23)24)7-18-19-16(22)14-8-25-12-3-1-2-4-13(12)26-14/h1-7,14,21H,8H2,(H,19,22)/b18-7+/t14-/m1/s1. The number of nitrogens with zero attached hydrogens (tertiary/aromatic N) is 2. The molecule has 1 amide bonds. The fourth-order valence-electron chi connectivity index (χ4n) is 2.23. The van der Waals surface area contributed by atoms with Gasteiger partial charge >= 0.3 is 5.69 Å². The average molecular weight is 422 g/mol. The molecule has 0 unspecified atom stereocenters. The Morgan fingerprint density at radius 2 is 2.12 bits per heavy atom. The largest absolute Gasteiger partial charge is 0.502 e. The summed E-state index contributed by atoms with van der Waals surface area (Å²) in [5.74, 6) is -0.114. The van der Waals surface area contributed by atoms with Crippen molar-refractivity contribution in [2.75, 3.05) is 6.61 Å². The lowest BCUT2D eigenvalue weighted by atomic mass is 10.2. The summed E-state index contributed by atoms with van der Waals surface area (Å²) in [5.41, 5.74) is 1.84. The van der Waals surface area contributed by atoms with Crippen LogP contribution in [-0.2, 0) is 4.79 Å². The summed E-state index contributed by atoms with van der Waals surface area (Å²) in [6.07, 6.45) is 0.204. The highest BCUT2D eigenvalue weighted by Gasteiger charge is 2.27. The van der Waals surface area contributed by atoms with E-state index in [1.165, 1.54) is 6.07 Å². The molecule has 0 saturated carbocycles. The number of benzene rings is 2. The second-order valence-corrected chi connectivity index (χ2v) is 6.13. The lowest BCUT2D eigenvalue weighted by Gasteiger charge is -2.24. The molecule has 2 N–H and O–H groups in total. The molecule has 0 spiro atoms. The zero-order valence-electron chi connectivity index (χ0n) is 13.1. The third kappa shape index (κ3) is 3.75. The fraction of sp³-hybridized carbons (Fsp3) is 0.125. The number of rotatable bonds is 4. The van der Waals surface area contributed by atoms with Gasteiger partial charge < -0.3 is 14.6 Å². The molecule has 1 aliphatic rings. The number of fused-ring (bicyclic) bond motifs is 1. The quantitative estimate of drug-likeness (QED) is 0.443. The number of nitro benzene ring substituents is 1. The van der Waals surface area contributed by atoms with Gasteiger partial charge in [-0.2, -0.15) is 5.10 Å². The van der Waals surface area contributed by atoms with Crippen molar-refractivity contribution in [3.63, 3.8) is 0 Å². The van der Waals surface area contributed by atoms with Crippen molar-refractivity contribution in [2.45, 2.75) is 6.10 Å². The molecule has 26 heavy (non-hydrogen) atoms. The molecule has 9 nitrogen and oxygen atoms in total. The van der Waals surface area contributed by atoms with E-state index in [1.54, 1.807) is 24.3 Å². The van der Waals surface area contributed by atoms with Crippen LogP contribution in [0.5, 0.6) is 17.2 Å². The van der Waals surface area contributed by atoms with Crippen molar-refractivity contribution >= 4 is 33.7 Å². The Kier molecular flexibility index (Phi) is 5.03. The molecule has 1 atom stereocenters. The third-order valence-electron chi connectivity index (χ3n) is 3.46. The molecule has 0 aliphatic carbocycles. The van der Waals surface area contributed by atoms with E-state index in [4.69, 9.17) is 9.47 Å². The molecule has 0 aromatic heterocycles. The Morgan fingerprint density at radius 3 is 2.85 bits per heavy atom. The maximum atomic E-state index is 12.1. The van der Waals surface area contributed by atoms with Crippen LogP contribution in [0.4, 0.5) is 5.69 Å². The first-order valence-corrected chi connectivity index (χ1v) is 8.13. The number of aromatic hydroxyl groups is 1. The highest BCUT2D eigenvalue weighted by atomic mass is 79.9. The second-order valence-electron chi connectivity index (χ2n) is 5.22. The SMILES string of the molecule is O=C(N/N=C/c1cc(Br)cc([N+](=O)[O-])c1O)[C@H]1COc2ccccc2O1. The van der Waals surface area contributed by atoms with Gasteiger partial charge in [0.1, 0.15) is 6.61 Å². The van der Waals surface area contributed by atoms with Crippen molar-refractivity contribution in [3.05, 3.63) is 56.5 Å². The summed E-state index contributed by atoms with van der Waals surface area (Å²) in [5, 5.41) is 24.5. The van der Waals surface area contributed by atoms with Crippen molar-refractivity contribution in [1.82, 2.24) is 5.43 Å². The van der Waals surface area contributed by atoms with Gasteiger partial charge in [0, 0.05) is 16.1 Å². The van der Waals surface area contributed by atoms with E-state index in [0.717, 1.165) is 12.3 Å². The molecule has 0 saturated heterocycles. The van der Waals surface area contributed by atoms with Gasteiger partial charge in [0.2, 0.25) is 11.9 Å². The number of amides is 1. The Bertz CT molecular complexity index is 902. The zero-order valence-corrected chi connectivity index (χ0v) is 14.7. The Labute approximate surface area is 155 Å². The Balaban J connectivity index is 1.68. The average Bonchev–Trinajstić information content (AvgIpc) is 2.63. The summed E-state index contributed by atoms with van der Waals surface area (Å²) < 4.78 is 11.4. The summed E-state index contributed by atoms with van der Waals surface area (Å²) >= 11 is 3.11. The molecule has 3 rings (SSSR count). The van der Waals surface area contributed by atoms with Crippen LogP contribution in [0.15, 0.2) is 46.0 Å². The number of phenolic OH excluding ortho intramolecular Hbond substituents is 1. The van der Waals surface area contributed by atoms with Crippen LogP contribution in [0.1, 0.15) is 5.56 Å². The van der Waals surface area contributed by atoms with Crippen molar-refractivity contribution in [2.24, 2.45) is 5.10 Å². The number of para-hydroxylation sites is 2. The maximum Gasteiger partial charge on any atom is 0.312 e. The lowest BCUT2D eigenvalue weighted by molar-refractivity contribution is -0.385. The molecule has 1 aliphatic heterocycles. The number of nitro groups is 1. The topological polar surface area (TPSA) is 123 Å². The van der Waals surface area contributed by atoms with E-state index in [-0.39, 0.29) is 12.2 Å². The van der Waals surface area contributed by atoms with Gasteiger partial charge in [0.25, 0.3) is 5.91 Å². The van der Waals surface area contributed by atoms with Crippen molar-refractivity contribution in [3.8, 4) is 17.2 Å². The van der Waals surface area contributed by atoms with Crippen LogP contribution in [0.3, 0.4) is 0 Å². The monoisotopic (exact) mass is 421 g/mol. The van der Waals surface area contributed by atoms with Crippen LogP contribution in [0, 0.1) is 10.1 Å². The first-order valence-electron chi connectivity index (χ1n) is 7.34. The van der Waals surface area contributed by atoms with Gasteiger partial charge in [0.15, 0.2) is 11.5 Å². The van der Waals surface area contributed by atoms with Gasteiger partial charge in [-0.3, -0.25) is 14.9 Å². The van der Waals surface area contributed by atoms with E-state index in [1.807, 2.05) is 0 Å². The molecular formula is C16H12BrN3O6. The molecule has 0 radical (unpaired) electrons. The summed E-state index contributed by atoms with van der Waals surface area (Å²) in [6, 6.07) is 9.53. The molecule has 134 valence electrons. The van der Waals surface area contributed by atoms with E-state index < -0.39 is 28.4 Å². The number of halogens is 1. The maximum absolute atomic E-state index is 12.1. The van der Waals surface area contributed by atoms with Crippen molar-refractivity contribution < 1.29 is 24.3 Å². The number of hydrazone groups is 1. The first-order chi connectivity index (χ1) is 12.5. The fourth-order valence-corrected chi connectivity index (χ4v) is 2.69. The lowest BCUT2D eigenvalue weighted by Crippen LogP contribution is -2.42. The number of carbonyl (C=O) groups excluding carboxylic acids is 1. The molecule has 1 heterocycles. The molecule has 2 aromatic rings. The molecule has 2 aromatic carbocycles. The predicted octanol–water partition coefficient (Wildman–Crippen LogP) is 2.35. The number of hydrogen-bond acceptors (Lipinski definition) is 7. The normalized spacial score (nSPS) is 15.7. The van der Waals surface area contributed by atoms with Crippen LogP contribution in [0.2, 0.25) is 0 Å². The number of ether oxygens (including phenoxy) is 2. The van der Waals surface area contributed by atoms with Gasteiger partial charge in [-0.1, -0.05) is 28.1 Å². The smallest absolute Gasteiger partial charge is 0.312 e. The molecule has 10 heteroatoms. The number of nitrogens with one attached hydrogen (secondary N) is 1. The number of hydrogen-bond donors (Lipinski definition) is 2. The minimum Gasteiger partial charge on any atom is -0.502 e. The highest BCUT2D eigenvalue weighted by molar-refractivity contribution is 9.10. The summed E-state index contributed by atoms with van der Waals surface area (Å²) in [6.45, 7) is 0.0198. The molecule has 0 bridgehead atoms. The van der Waals surface area contributed by atoms with Crippen molar-refractivity contribution in [1.29, 1.82) is 0 Å². The number of phenols is 1. The van der Waals surface area contributed by atoms with Crippen LogP contribution in [-0.4, -0.2) is 34.9 Å². The van der Waals surface area contributed by atoms with E-state index >= 15 is 0 Å². The van der Waals surface area contributed by atoms with Gasteiger partial charge in [-0.25, -0.2) is 5.43 Å². The zero-order chi connectivity index (χ0) is 18.7. The van der Waals surface area contributed by atoms with Gasteiger partial charge in [0.05, 0.1) is 11.1 Å². The van der Waals surface area contributed by atoms with Crippen LogP contribution >= 0.6 is 15.9 Å². The highest BCUT2D eigenvalue weighted by Crippen LogP contribution is 2.32. The van der Waals surface area contributed by atoms with E-state index in [0.29, 0.717) is 16.0 Å². The van der Waals surface area contributed by atoms with Gasteiger partial charge in [-0.15, -0.1) is 0 Å². The molecular weight excluding hydrogens is 410 g/mol. The first kappa shape index (κ1) is 17.7.